The highest BCUT2D eigenvalue weighted by molar-refractivity contribution is 5.64. The fourth-order valence-corrected chi connectivity index (χ4v) is 1.61. The van der Waals surface area contributed by atoms with Gasteiger partial charge >= 0.3 is 0 Å². The highest BCUT2D eigenvalue weighted by Crippen LogP contribution is 2.29. The van der Waals surface area contributed by atoms with Crippen molar-refractivity contribution in [1.29, 1.82) is 0 Å². The normalized spacial score (nSPS) is 12.2. The molecule has 120 valence electrons. The zero-order valence-electron chi connectivity index (χ0n) is 12.7. The maximum Gasteiger partial charge on any atom is 0.292 e. The van der Waals surface area contributed by atoms with Crippen LogP contribution in [-0.2, 0) is 0 Å². The molecule has 0 aromatic heterocycles. The number of halogens is 1. The molecule has 0 bridgehead atoms. The Morgan fingerprint density at radius 2 is 2.05 bits per heavy atom. The van der Waals surface area contributed by atoms with Gasteiger partial charge in [0.25, 0.3) is 5.69 Å². The Morgan fingerprint density at radius 3 is 2.52 bits per heavy atom. The number of quaternary nitrogens is 1. The lowest BCUT2D eigenvalue weighted by atomic mass is 10.2. The number of aliphatic hydroxyl groups is 1. The Kier molecular flexibility index (Phi) is 7.90. The third-order valence-electron chi connectivity index (χ3n) is 2.57. The number of benzene rings is 1. The van der Waals surface area contributed by atoms with Crippen LogP contribution < -0.4 is 34.0 Å². The summed E-state index contributed by atoms with van der Waals surface area (Å²) >= 11 is 0. The molecular weight excluding hydrogens is 389 g/mol. The summed E-state index contributed by atoms with van der Waals surface area (Å²) in [7, 11) is 6.13. The fourth-order valence-electron chi connectivity index (χ4n) is 1.61. The summed E-state index contributed by atoms with van der Waals surface area (Å²) in [5.41, 5.74) is 0.381. The van der Waals surface area contributed by atoms with Crippen molar-refractivity contribution in [3.63, 3.8) is 0 Å². The summed E-state index contributed by atoms with van der Waals surface area (Å²) in [6.07, 6.45) is -0.962. The number of nitro groups is 1. The minimum atomic E-state index is -0.962. The summed E-state index contributed by atoms with van der Waals surface area (Å²) < 4.78 is 5.88. The van der Waals surface area contributed by atoms with Crippen LogP contribution in [0.4, 0.5) is 11.4 Å². The average Bonchev–Trinajstić information content (AvgIpc) is 2.26. The summed E-state index contributed by atoms with van der Waals surface area (Å²) in [5.74, 6) is 0.387. The van der Waals surface area contributed by atoms with Gasteiger partial charge in [0.15, 0.2) is 6.29 Å². The van der Waals surface area contributed by atoms with Crippen molar-refractivity contribution in [3.8, 4) is 5.75 Å². The molecular formula is C13H22IN3O4. The molecule has 0 aliphatic heterocycles. The molecule has 1 aromatic carbocycles. The zero-order chi connectivity index (χ0) is 15.3. The van der Waals surface area contributed by atoms with Crippen molar-refractivity contribution in [1.82, 2.24) is 0 Å². The molecule has 0 saturated heterocycles. The van der Waals surface area contributed by atoms with Crippen LogP contribution in [0.15, 0.2) is 18.2 Å². The van der Waals surface area contributed by atoms with Crippen LogP contribution in [-0.4, -0.2) is 55.0 Å². The molecule has 0 aliphatic rings. The maximum absolute atomic E-state index is 11.0. The van der Waals surface area contributed by atoms with Gasteiger partial charge in [-0.15, -0.1) is 0 Å². The Hall–Kier alpha value is -1.13. The molecule has 0 saturated carbocycles. The lowest BCUT2D eigenvalue weighted by molar-refractivity contribution is -0.868. The van der Waals surface area contributed by atoms with Crippen molar-refractivity contribution in [2.75, 3.05) is 39.5 Å². The van der Waals surface area contributed by atoms with E-state index in [0.29, 0.717) is 18.0 Å². The first kappa shape index (κ1) is 19.9. The lowest BCUT2D eigenvalue weighted by Gasteiger charge is -2.24. The summed E-state index contributed by atoms with van der Waals surface area (Å²) in [4.78, 5) is 10.5. The van der Waals surface area contributed by atoms with E-state index in [9.17, 15) is 15.2 Å². The molecule has 0 radical (unpaired) electrons. The second-order valence-electron chi connectivity index (χ2n) is 5.59. The van der Waals surface area contributed by atoms with E-state index < -0.39 is 11.2 Å². The maximum atomic E-state index is 11.0. The van der Waals surface area contributed by atoms with Crippen LogP contribution >= 0.6 is 0 Å². The molecule has 0 amide bonds. The Morgan fingerprint density at radius 1 is 1.43 bits per heavy atom. The van der Waals surface area contributed by atoms with E-state index in [1.54, 1.807) is 0 Å². The number of hydrogen-bond donors (Lipinski definition) is 2. The van der Waals surface area contributed by atoms with Gasteiger partial charge in [0, 0.05) is 12.1 Å². The van der Waals surface area contributed by atoms with E-state index in [-0.39, 0.29) is 29.7 Å². The highest BCUT2D eigenvalue weighted by atomic mass is 127. The molecule has 1 rings (SSSR count). The molecule has 1 aromatic rings. The number of nitrogens with zero attached hydrogens (tertiary/aromatic N) is 2. The predicted octanol–water partition coefficient (Wildman–Crippen LogP) is -1.57. The predicted molar refractivity (Wildman–Crippen MR) is 76.8 cm³/mol. The molecule has 0 heterocycles. The average molecular weight is 411 g/mol. The number of nitro benzene ring substituents is 1. The number of anilines is 1. The first-order valence-electron chi connectivity index (χ1n) is 6.36. The van der Waals surface area contributed by atoms with Gasteiger partial charge in [0.2, 0.25) is 0 Å². The summed E-state index contributed by atoms with van der Waals surface area (Å²) in [6, 6.07) is 4.36. The van der Waals surface area contributed by atoms with Crippen LogP contribution in [0.1, 0.15) is 6.92 Å². The van der Waals surface area contributed by atoms with Crippen LogP contribution in [0.3, 0.4) is 0 Å². The molecule has 0 spiro atoms. The smallest absolute Gasteiger partial charge is 0.292 e. The molecule has 1 atom stereocenters. The van der Waals surface area contributed by atoms with Gasteiger partial charge < -0.3 is 43.6 Å². The number of hydrogen-bond acceptors (Lipinski definition) is 5. The first-order valence-corrected chi connectivity index (χ1v) is 6.36. The van der Waals surface area contributed by atoms with Gasteiger partial charge in [-0.25, -0.2) is 0 Å². The molecule has 0 aliphatic carbocycles. The molecule has 8 heteroatoms. The number of ether oxygens (including phenoxy) is 1. The third-order valence-corrected chi connectivity index (χ3v) is 2.57. The molecule has 21 heavy (non-hydrogen) atoms. The van der Waals surface area contributed by atoms with Crippen molar-refractivity contribution in [2.24, 2.45) is 0 Å². The second-order valence-corrected chi connectivity index (χ2v) is 5.59. The minimum Gasteiger partial charge on any atom is -1.00 e. The van der Waals surface area contributed by atoms with Gasteiger partial charge in [-0.1, -0.05) is 0 Å². The number of nitrogens with one attached hydrogen (secondary N) is 1. The van der Waals surface area contributed by atoms with Crippen LogP contribution in [0.25, 0.3) is 0 Å². The monoisotopic (exact) mass is 411 g/mol. The number of aliphatic hydroxyl groups excluding tert-OH is 1. The molecule has 2 N–H and O–H groups in total. The Labute approximate surface area is 141 Å². The zero-order valence-corrected chi connectivity index (χ0v) is 14.8. The number of rotatable bonds is 7. The van der Waals surface area contributed by atoms with Gasteiger partial charge in [-0.2, -0.15) is 0 Å². The van der Waals surface area contributed by atoms with Crippen LogP contribution in [0, 0.1) is 10.1 Å². The molecule has 1 unspecified atom stereocenters. The SMILES string of the molecule is CC(O)Oc1ccc([N+](=O)[O-])c(NCC[N+](C)(C)C)c1.[I-]. The van der Waals surface area contributed by atoms with Crippen molar-refractivity contribution < 1.29 is 43.2 Å². The molecule has 0 fully saturated rings. The van der Waals surface area contributed by atoms with Crippen molar-refractivity contribution >= 4 is 11.4 Å². The van der Waals surface area contributed by atoms with Gasteiger partial charge in [0.1, 0.15) is 11.4 Å². The van der Waals surface area contributed by atoms with E-state index in [4.69, 9.17) is 4.74 Å². The summed E-state index contributed by atoms with van der Waals surface area (Å²) in [6.45, 7) is 2.90. The van der Waals surface area contributed by atoms with E-state index in [1.165, 1.54) is 25.1 Å². The first-order chi connectivity index (χ1) is 9.19. The Bertz CT molecular complexity index is 475. The minimum absolute atomic E-state index is 0. The second kappa shape index (κ2) is 8.35. The lowest BCUT2D eigenvalue weighted by Crippen LogP contribution is -3.00. The van der Waals surface area contributed by atoms with E-state index >= 15 is 0 Å². The highest BCUT2D eigenvalue weighted by Gasteiger charge is 2.16. The largest absolute Gasteiger partial charge is 1.00 e. The quantitative estimate of drug-likeness (QED) is 0.186. The van der Waals surface area contributed by atoms with Crippen molar-refractivity contribution in [2.45, 2.75) is 13.2 Å². The van der Waals surface area contributed by atoms with Crippen LogP contribution in [0.2, 0.25) is 0 Å². The third kappa shape index (κ3) is 7.44. The summed E-state index contributed by atoms with van der Waals surface area (Å²) in [5, 5.41) is 23.2. The van der Waals surface area contributed by atoms with E-state index in [1.807, 2.05) is 21.1 Å². The van der Waals surface area contributed by atoms with Crippen molar-refractivity contribution in [3.05, 3.63) is 28.3 Å². The van der Waals surface area contributed by atoms with E-state index in [2.05, 4.69) is 5.32 Å². The van der Waals surface area contributed by atoms with Gasteiger partial charge in [-0.05, 0) is 13.0 Å². The molecule has 7 nitrogen and oxygen atoms in total. The fraction of sp³-hybridized carbons (Fsp3) is 0.538. The van der Waals surface area contributed by atoms with Crippen LogP contribution in [0.5, 0.6) is 5.75 Å². The van der Waals surface area contributed by atoms with E-state index in [0.717, 1.165) is 11.0 Å². The van der Waals surface area contributed by atoms with Gasteiger partial charge in [0.05, 0.1) is 39.2 Å². The standard InChI is InChI=1S/C13H22N3O4.HI/c1-10(17)20-11-5-6-13(15(18)19)12(9-11)14-7-8-16(2,3)4;/h5-6,9-10,14,17H,7-8H2,1-4H3;1H/q+1;/p-1. The topological polar surface area (TPSA) is 84.6 Å². The number of likely N-dealkylation sites (N-methyl/N-ethyl adjacent to an activating group) is 1. The van der Waals surface area contributed by atoms with Gasteiger partial charge in [-0.3, -0.25) is 10.1 Å². The Balaban J connectivity index is 0.00000400.